The summed E-state index contributed by atoms with van der Waals surface area (Å²) >= 11 is 5.58. The van der Waals surface area contributed by atoms with Gasteiger partial charge in [-0.15, -0.1) is 0 Å². The van der Waals surface area contributed by atoms with E-state index < -0.39 is 0 Å². The molecule has 0 aliphatic heterocycles. The Morgan fingerprint density at radius 1 is 1.90 bits per heavy atom. The molecule has 10 heavy (non-hydrogen) atoms. The van der Waals surface area contributed by atoms with E-state index in [0.717, 1.165) is 6.54 Å². The van der Waals surface area contributed by atoms with Gasteiger partial charge in [0.1, 0.15) is 0 Å². The summed E-state index contributed by atoms with van der Waals surface area (Å²) in [5, 5.41) is 0.289. The number of aromatic nitrogens is 2. The molecular formula is C6H6ClN3. The molecule has 0 saturated heterocycles. The normalized spacial score (nSPS) is 9.30. The highest BCUT2D eigenvalue weighted by molar-refractivity contribution is 6.31. The maximum Gasteiger partial charge on any atom is 0.268 e. The molecule has 0 aliphatic carbocycles. The molecule has 0 spiro atoms. The molecule has 1 aromatic heterocycles. The Kier molecular flexibility index (Phi) is 1.93. The van der Waals surface area contributed by atoms with E-state index >= 15 is 0 Å². The van der Waals surface area contributed by atoms with Gasteiger partial charge in [-0.2, -0.15) is 0 Å². The molecule has 52 valence electrons. The molecule has 0 bridgehead atoms. The number of hydrogen-bond donors (Lipinski definition) is 0. The Labute approximate surface area is 64.1 Å². The Bertz CT molecular complexity index is 271. The van der Waals surface area contributed by atoms with Crippen molar-refractivity contribution in [3.05, 3.63) is 22.9 Å². The molecule has 0 radical (unpaired) electrons. The summed E-state index contributed by atoms with van der Waals surface area (Å²) in [6, 6.07) is 0. The number of hydrogen-bond acceptors (Lipinski definition) is 1. The summed E-state index contributed by atoms with van der Waals surface area (Å²) in [5.41, 5.74) is 0. The summed E-state index contributed by atoms with van der Waals surface area (Å²) < 4.78 is 1.70. The van der Waals surface area contributed by atoms with Crippen LogP contribution in [0, 0.1) is 6.57 Å². The summed E-state index contributed by atoms with van der Waals surface area (Å²) in [5.74, 6) is 0.421. The third-order valence-corrected chi connectivity index (χ3v) is 1.48. The van der Waals surface area contributed by atoms with Crippen LogP contribution in [-0.4, -0.2) is 9.55 Å². The van der Waals surface area contributed by atoms with Gasteiger partial charge in [-0.1, -0.05) is 18.2 Å². The van der Waals surface area contributed by atoms with Crippen molar-refractivity contribution in [3.63, 3.8) is 0 Å². The van der Waals surface area contributed by atoms with E-state index in [1.54, 1.807) is 10.9 Å². The Balaban J connectivity index is 3.17. The first kappa shape index (κ1) is 7.10. The van der Waals surface area contributed by atoms with Crippen LogP contribution in [0.25, 0.3) is 4.85 Å². The van der Waals surface area contributed by atoms with E-state index in [4.69, 9.17) is 18.2 Å². The number of nitrogens with zero attached hydrogens (tertiary/aromatic N) is 3. The summed E-state index contributed by atoms with van der Waals surface area (Å²) in [6.45, 7) is 9.40. The maximum atomic E-state index is 6.73. The summed E-state index contributed by atoms with van der Waals surface area (Å²) in [4.78, 5) is 6.99. The molecule has 0 aromatic carbocycles. The van der Waals surface area contributed by atoms with Crippen LogP contribution >= 0.6 is 11.6 Å². The summed E-state index contributed by atoms with van der Waals surface area (Å²) in [6.07, 6.45) is 1.57. The molecule has 0 unspecified atom stereocenters. The van der Waals surface area contributed by atoms with Crippen LogP contribution in [0.4, 0.5) is 5.82 Å². The maximum absolute atomic E-state index is 6.73. The quantitative estimate of drug-likeness (QED) is 0.570. The lowest BCUT2D eigenvalue weighted by molar-refractivity contribution is 0.774. The number of imidazole rings is 1. The monoisotopic (exact) mass is 155 g/mol. The van der Waals surface area contributed by atoms with Crippen LogP contribution in [0.5, 0.6) is 0 Å². The molecule has 4 heteroatoms. The average molecular weight is 156 g/mol. The van der Waals surface area contributed by atoms with Gasteiger partial charge < -0.3 is 4.85 Å². The van der Waals surface area contributed by atoms with Gasteiger partial charge in [0.2, 0.25) is 0 Å². The summed E-state index contributed by atoms with van der Waals surface area (Å²) in [7, 11) is 0. The minimum Gasteiger partial charge on any atom is -0.361 e. The Hall–Kier alpha value is -1.01. The van der Waals surface area contributed by atoms with Gasteiger partial charge >= 0.3 is 0 Å². The van der Waals surface area contributed by atoms with Crippen molar-refractivity contribution >= 4 is 17.4 Å². The minimum atomic E-state index is 0.289. The van der Waals surface area contributed by atoms with E-state index in [-0.39, 0.29) is 5.15 Å². The van der Waals surface area contributed by atoms with Gasteiger partial charge in [0.15, 0.2) is 11.5 Å². The van der Waals surface area contributed by atoms with Crippen LogP contribution in [0.2, 0.25) is 5.15 Å². The van der Waals surface area contributed by atoms with E-state index in [9.17, 15) is 0 Å². The van der Waals surface area contributed by atoms with Gasteiger partial charge in [-0.05, 0) is 6.92 Å². The molecule has 3 nitrogen and oxygen atoms in total. The SMILES string of the molecule is [C-]#[N+]c1c(Cl)ncn1CC. The predicted octanol–water partition coefficient (Wildman–Crippen LogP) is 2.11. The molecule has 0 amide bonds. The molecule has 0 saturated carbocycles. The van der Waals surface area contributed by atoms with E-state index in [1.165, 1.54) is 0 Å². The van der Waals surface area contributed by atoms with E-state index in [2.05, 4.69) is 9.83 Å². The van der Waals surface area contributed by atoms with Crippen molar-refractivity contribution < 1.29 is 0 Å². The van der Waals surface area contributed by atoms with Gasteiger partial charge in [-0.25, -0.2) is 4.98 Å². The van der Waals surface area contributed by atoms with E-state index in [0.29, 0.717) is 5.82 Å². The Morgan fingerprint density at radius 2 is 2.60 bits per heavy atom. The second kappa shape index (κ2) is 2.72. The van der Waals surface area contributed by atoms with Crippen LogP contribution in [0.15, 0.2) is 6.33 Å². The van der Waals surface area contributed by atoms with Crippen molar-refractivity contribution in [2.45, 2.75) is 13.5 Å². The fourth-order valence-electron chi connectivity index (χ4n) is 0.693. The molecule has 1 rings (SSSR count). The van der Waals surface area contributed by atoms with Crippen LogP contribution < -0.4 is 0 Å². The molecule has 1 aromatic rings. The standard InChI is InChI=1S/C6H6ClN3/c1-3-10-4-9-5(7)6(10)8-2/h4H,3H2,1H3. The highest BCUT2D eigenvalue weighted by Gasteiger charge is 2.05. The van der Waals surface area contributed by atoms with Gasteiger partial charge in [0.05, 0.1) is 6.54 Å². The molecule has 0 fully saturated rings. The second-order valence-corrected chi connectivity index (χ2v) is 2.11. The zero-order valence-corrected chi connectivity index (χ0v) is 6.26. The zero-order valence-electron chi connectivity index (χ0n) is 5.50. The third-order valence-electron chi connectivity index (χ3n) is 1.21. The molecule has 0 N–H and O–H groups in total. The van der Waals surface area contributed by atoms with Crippen molar-refractivity contribution in [1.29, 1.82) is 0 Å². The van der Waals surface area contributed by atoms with Gasteiger partial charge in [0.25, 0.3) is 5.82 Å². The van der Waals surface area contributed by atoms with Crippen LogP contribution in [-0.2, 0) is 6.54 Å². The predicted molar refractivity (Wildman–Crippen MR) is 39.2 cm³/mol. The first-order valence-electron chi connectivity index (χ1n) is 2.87. The lowest BCUT2D eigenvalue weighted by atomic mass is 10.6. The van der Waals surface area contributed by atoms with Crippen molar-refractivity contribution in [3.8, 4) is 0 Å². The topological polar surface area (TPSA) is 22.2 Å². The lowest BCUT2D eigenvalue weighted by Crippen LogP contribution is -1.88. The first-order chi connectivity index (χ1) is 4.79. The number of halogens is 1. The van der Waals surface area contributed by atoms with Crippen molar-refractivity contribution in [2.75, 3.05) is 0 Å². The molecule has 0 atom stereocenters. The first-order valence-corrected chi connectivity index (χ1v) is 3.25. The molecule has 1 heterocycles. The van der Waals surface area contributed by atoms with Gasteiger partial charge in [0, 0.05) is 0 Å². The largest absolute Gasteiger partial charge is 0.361 e. The fraction of sp³-hybridized carbons (Fsp3) is 0.333. The van der Waals surface area contributed by atoms with Gasteiger partial charge in [-0.3, -0.25) is 4.57 Å². The minimum absolute atomic E-state index is 0.289. The van der Waals surface area contributed by atoms with Crippen molar-refractivity contribution in [1.82, 2.24) is 9.55 Å². The fourth-order valence-corrected chi connectivity index (χ4v) is 0.888. The smallest absolute Gasteiger partial charge is 0.268 e. The highest BCUT2D eigenvalue weighted by Crippen LogP contribution is 2.22. The second-order valence-electron chi connectivity index (χ2n) is 1.76. The highest BCUT2D eigenvalue weighted by atomic mass is 35.5. The van der Waals surface area contributed by atoms with Crippen molar-refractivity contribution in [2.24, 2.45) is 0 Å². The van der Waals surface area contributed by atoms with Crippen LogP contribution in [0.3, 0.4) is 0 Å². The van der Waals surface area contributed by atoms with Crippen LogP contribution in [0.1, 0.15) is 6.92 Å². The van der Waals surface area contributed by atoms with E-state index in [1.807, 2.05) is 6.92 Å². The zero-order chi connectivity index (χ0) is 7.56. The number of rotatable bonds is 1. The lowest BCUT2D eigenvalue weighted by Gasteiger charge is -1.92. The average Bonchev–Trinajstić information content (AvgIpc) is 2.30. The molecular weight excluding hydrogens is 150 g/mol. The molecule has 0 aliphatic rings. The third kappa shape index (κ3) is 0.981. The Morgan fingerprint density at radius 3 is 3.00 bits per heavy atom. The number of aryl methyl sites for hydroxylation is 1.